The quantitative estimate of drug-likeness (QED) is 0.246. The van der Waals surface area contributed by atoms with Gasteiger partial charge in [0.25, 0.3) is 0 Å². The summed E-state index contributed by atoms with van der Waals surface area (Å²) in [5.74, 6) is 0. The third-order valence-corrected chi connectivity index (χ3v) is 6.81. The Kier molecular flexibility index (Phi) is 9.53. The van der Waals surface area contributed by atoms with E-state index in [1.807, 2.05) is 60.7 Å². The van der Waals surface area contributed by atoms with E-state index in [1.54, 1.807) is 30.3 Å². The fraction of sp³-hybridized carbons (Fsp3) is 0.333. The highest BCUT2D eigenvalue weighted by Gasteiger charge is 2.52. The number of ether oxygens (including phenoxy) is 4. The van der Waals surface area contributed by atoms with Gasteiger partial charge in [-0.15, -0.1) is 0 Å². The monoisotopic (exact) mass is 552 g/mol. The van der Waals surface area contributed by atoms with Crippen LogP contribution >= 0.6 is 0 Å². The van der Waals surface area contributed by atoms with E-state index in [0.29, 0.717) is 0 Å². The molecule has 0 amide bonds. The molecular weight excluding hydrogens is 525 g/mol. The van der Waals surface area contributed by atoms with Crippen molar-refractivity contribution in [2.75, 3.05) is 6.61 Å². The molecule has 0 radical (unpaired) electrons. The third-order valence-electron chi connectivity index (χ3n) is 5.74. The molecule has 0 bridgehead atoms. The van der Waals surface area contributed by atoms with Crippen LogP contribution in [0, 0.1) is 0 Å². The topological polar surface area (TPSA) is 80.3 Å². The molecule has 204 valence electrons. The van der Waals surface area contributed by atoms with Crippen molar-refractivity contribution in [3.63, 3.8) is 0 Å². The fourth-order valence-corrected chi connectivity index (χ4v) is 4.45. The van der Waals surface area contributed by atoms with E-state index in [2.05, 4.69) is 4.18 Å². The molecule has 0 aromatic heterocycles. The highest BCUT2D eigenvalue weighted by molar-refractivity contribution is 7.87. The first kappa shape index (κ1) is 28.2. The normalized spacial score (nSPS) is 22.3. The summed E-state index contributed by atoms with van der Waals surface area (Å²) >= 11 is 0. The van der Waals surface area contributed by atoms with Crippen LogP contribution in [-0.2, 0) is 53.1 Å². The Bertz CT molecular complexity index is 1230. The summed E-state index contributed by atoms with van der Waals surface area (Å²) in [4.78, 5) is 0. The number of rotatable bonds is 11. The average Bonchev–Trinajstić information content (AvgIpc) is 2.91. The van der Waals surface area contributed by atoms with Crippen molar-refractivity contribution in [2.24, 2.45) is 0 Å². The van der Waals surface area contributed by atoms with Gasteiger partial charge >= 0.3 is 15.6 Å². The zero-order valence-corrected chi connectivity index (χ0v) is 21.0. The number of hydrogen-bond donors (Lipinski definition) is 0. The predicted octanol–water partition coefficient (Wildman–Crippen LogP) is 4.97. The molecule has 4 unspecified atom stereocenters. The Morgan fingerprint density at radius 1 is 0.684 bits per heavy atom. The zero-order chi connectivity index (χ0) is 27.0. The first-order chi connectivity index (χ1) is 18.2. The van der Waals surface area contributed by atoms with E-state index in [-0.39, 0.29) is 19.8 Å². The fourth-order valence-electron chi connectivity index (χ4n) is 3.85. The molecule has 4 atom stereocenters. The maximum atomic E-state index is 13.2. The lowest BCUT2D eigenvalue weighted by Gasteiger charge is -2.41. The van der Waals surface area contributed by atoms with Crippen molar-refractivity contribution in [3.05, 3.63) is 108 Å². The van der Waals surface area contributed by atoms with E-state index in [4.69, 9.17) is 18.9 Å². The smallest absolute Gasteiger partial charge is 0.368 e. The van der Waals surface area contributed by atoms with Crippen LogP contribution in [0.15, 0.2) is 91.0 Å². The minimum Gasteiger partial charge on any atom is -0.368 e. The summed E-state index contributed by atoms with van der Waals surface area (Å²) in [6, 6.07) is 27.2. The Labute approximate surface area is 219 Å². The molecule has 3 aromatic carbocycles. The molecule has 4 rings (SSSR count). The SMILES string of the molecule is O=S(=O)(OC1COC(OCc2ccccc2)C(OCc2ccccc2)C1OCc1ccccc1)C(F)(F)F. The Morgan fingerprint density at radius 2 is 1.11 bits per heavy atom. The second kappa shape index (κ2) is 12.8. The molecule has 1 aliphatic heterocycles. The summed E-state index contributed by atoms with van der Waals surface area (Å²) in [5.41, 5.74) is -3.28. The second-order valence-electron chi connectivity index (χ2n) is 8.56. The van der Waals surface area contributed by atoms with Gasteiger partial charge in [-0.2, -0.15) is 21.6 Å². The number of benzene rings is 3. The van der Waals surface area contributed by atoms with Crippen LogP contribution in [0.2, 0.25) is 0 Å². The van der Waals surface area contributed by atoms with Crippen molar-refractivity contribution < 1.29 is 44.7 Å². The average molecular weight is 553 g/mol. The summed E-state index contributed by atoms with van der Waals surface area (Å²) in [5, 5.41) is 0. The van der Waals surface area contributed by atoms with Crippen LogP contribution in [0.25, 0.3) is 0 Å². The van der Waals surface area contributed by atoms with Crippen molar-refractivity contribution in [2.45, 2.75) is 49.9 Å². The lowest BCUT2D eigenvalue weighted by atomic mass is 10.0. The van der Waals surface area contributed by atoms with E-state index in [0.717, 1.165) is 16.7 Å². The van der Waals surface area contributed by atoms with Crippen LogP contribution in [-0.4, -0.2) is 45.1 Å². The van der Waals surface area contributed by atoms with E-state index < -0.39 is 46.8 Å². The lowest BCUT2D eigenvalue weighted by molar-refractivity contribution is -0.292. The molecule has 1 heterocycles. The van der Waals surface area contributed by atoms with Gasteiger partial charge in [0.15, 0.2) is 6.29 Å². The van der Waals surface area contributed by atoms with Gasteiger partial charge in [0, 0.05) is 0 Å². The van der Waals surface area contributed by atoms with E-state index in [9.17, 15) is 21.6 Å². The van der Waals surface area contributed by atoms with Gasteiger partial charge in [-0.3, -0.25) is 4.18 Å². The predicted molar refractivity (Wildman–Crippen MR) is 131 cm³/mol. The van der Waals surface area contributed by atoms with Crippen LogP contribution in [0.5, 0.6) is 0 Å². The van der Waals surface area contributed by atoms with Crippen LogP contribution in [0.3, 0.4) is 0 Å². The number of hydrogen-bond acceptors (Lipinski definition) is 7. The van der Waals surface area contributed by atoms with Gasteiger partial charge in [-0.25, -0.2) is 0 Å². The first-order valence-corrected chi connectivity index (χ1v) is 13.2. The highest BCUT2D eigenvalue weighted by Crippen LogP contribution is 2.32. The highest BCUT2D eigenvalue weighted by atomic mass is 32.2. The molecule has 0 aliphatic carbocycles. The molecule has 11 heteroatoms. The maximum Gasteiger partial charge on any atom is 0.523 e. The first-order valence-electron chi connectivity index (χ1n) is 11.8. The molecule has 3 aromatic rings. The van der Waals surface area contributed by atoms with Gasteiger partial charge in [-0.1, -0.05) is 91.0 Å². The Morgan fingerprint density at radius 3 is 1.55 bits per heavy atom. The molecule has 1 fully saturated rings. The number of alkyl halides is 3. The summed E-state index contributed by atoms with van der Waals surface area (Å²) < 4.78 is 91.5. The molecule has 0 spiro atoms. The lowest BCUT2D eigenvalue weighted by Crippen LogP contribution is -2.57. The van der Waals surface area contributed by atoms with Gasteiger partial charge in [0.05, 0.1) is 26.4 Å². The molecule has 38 heavy (non-hydrogen) atoms. The van der Waals surface area contributed by atoms with Crippen molar-refractivity contribution in [1.29, 1.82) is 0 Å². The minimum atomic E-state index is -5.93. The van der Waals surface area contributed by atoms with Gasteiger partial charge in [0.2, 0.25) is 0 Å². The Balaban J connectivity index is 1.60. The van der Waals surface area contributed by atoms with Gasteiger partial charge < -0.3 is 18.9 Å². The molecule has 0 saturated carbocycles. The van der Waals surface area contributed by atoms with Gasteiger partial charge in [-0.05, 0) is 16.7 Å². The van der Waals surface area contributed by atoms with Crippen LogP contribution in [0.1, 0.15) is 16.7 Å². The number of halogens is 3. The zero-order valence-electron chi connectivity index (χ0n) is 20.2. The van der Waals surface area contributed by atoms with Crippen LogP contribution in [0.4, 0.5) is 13.2 Å². The van der Waals surface area contributed by atoms with Crippen molar-refractivity contribution >= 4 is 10.1 Å². The summed E-state index contributed by atoms with van der Waals surface area (Å²) in [7, 11) is -5.93. The molecule has 7 nitrogen and oxygen atoms in total. The maximum absolute atomic E-state index is 13.2. The molecule has 0 N–H and O–H groups in total. The van der Waals surface area contributed by atoms with Gasteiger partial charge in [0.1, 0.15) is 18.3 Å². The summed E-state index contributed by atoms with van der Waals surface area (Å²) in [6.07, 6.45) is -5.11. The second-order valence-corrected chi connectivity index (χ2v) is 10.1. The molecular formula is C27H27F3O7S. The molecule has 1 aliphatic rings. The molecule has 1 saturated heterocycles. The Hall–Kier alpha value is -2.80. The minimum absolute atomic E-state index is 0.0337. The van der Waals surface area contributed by atoms with Crippen LogP contribution < -0.4 is 0 Å². The summed E-state index contributed by atoms with van der Waals surface area (Å²) in [6.45, 7) is -0.397. The van der Waals surface area contributed by atoms with Crippen molar-refractivity contribution in [3.8, 4) is 0 Å². The third kappa shape index (κ3) is 7.62. The van der Waals surface area contributed by atoms with E-state index >= 15 is 0 Å². The van der Waals surface area contributed by atoms with E-state index in [1.165, 1.54) is 0 Å². The standard InChI is InChI=1S/C27H27F3O7S/c28-27(29,30)38(31,32)37-23-19-36-26(35-18-22-14-8-3-9-15-22)25(34-17-21-12-6-2-7-13-21)24(23)33-16-20-10-4-1-5-11-20/h1-15,23-26H,16-19H2. The van der Waals surface area contributed by atoms with Crippen molar-refractivity contribution in [1.82, 2.24) is 0 Å². The largest absolute Gasteiger partial charge is 0.523 e.